The molecule has 0 saturated carbocycles. The third kappa shape index (κ3) is 1.59. The summed E-state index contributed by atoms with van der Waals surface area (Å²) in [5.74, 6) is 0.231. The van der Waals surface area contributed by atoms with Crippen molar-refractivity contribution in [3.05, 3.63) is 48.5 Å². The highest BCUT2D eigenvalue weighted by molar-refractivity contribution is 8.01. The van der Waals surface area contributed by atoms with Crippen molar-refractivity contribution in [3.8, 4) is 0 Å². The van der Waals surface area contributed by atoms with Crippen molar-refractivity contribution in [2.45, 2.75) is 17.0 Å². The van der Waals surface area contributed by atoms with Crippen LogP contribution in [0.4, 0.5) is 0 Å². The Hall–Kier alpha value is -1.42. The van der Waals surface area contributed by atoms with Crippen molar-refractivity contribution in [2.24, 2.45) is 0 Å². The molecule has 16 heavy (non-hydrogen) atoms. The first-order chi connectivity index (χ1) is 7.84. The molecule has 0 aromatic rings. The Morgan fingerprint density at radius 2 is 2.31 bits per heavy atom. The van der Waals surface area contributed by atoms with E-state index in [-0.39, 0.29) is 5.91 Å². The second-order valence-corrected chi connectivity index (χ2v) is 5.19. The van der Waals surface area contributed by atoms with Gasteiger partial charge in [0.2, 0.25) is 5.91 Å². The molecule has 2 atom stereocenters. The fourth-order valence-electron chi connectivity index (χ4n) is 1.90. The van der Waals surface area contributed by atoms with Gasteiger partial charge in [0.05, 0.1) is 17.0 Å². The van der Waals surface area contributed by atoms with Crippen LogP contribution in [0.5, 0.6) is 0 Å². The van der Waals surface area contributed by atoms with Gasteiger partial charge in [-0.3, -0.25) is 4.79 Å². The molecule has 0 spiro atoms. The van der Waals surface area contributed by atoms with E-state index in [0.29, 0.717) is 17.0 Å². The number of carbonyl (C=O) groups is 1. The molecule has 1 saturated heterocycles. The summed E-state index contributed by atoms with van der Waals surface area (Å²) in [6.45, 7) is 0. The van der Waals surface area contributed by atoms with Gasteiger partial charge in [-0.25, -0.2) is 0 Å². The minimum absolute atomic E-state index is 0.231. The lowest BCUT2D eigenvalue weighted by atomic mass is 10.2. The van der Waals surface area contributed by atoms with E-state index in [9.17, 15) is 4.79 Å². The van der Waals surface area contributed by atoms with Crippen LogP contribution < -0.4 is 5.32 Å². The minimum atomic E-state index is 0.231. The number of rotatable bonds is 1. The van der Waals surface area contributed by atoms with Crippen molar-refractivity contribution < 1.29 is 4.79 Å². The lowest BCUT2D eigenvalue weighted by Crippen LogP contribution is -2.50. The van der Waals surface area contributed by atoms with Crippen LogP contribution in [0.25, 0.3) is 0 Å². The largest absolute Gasteiger partial charge is 0.364 e. The molecule has 3 nitrogen and oxygen atoms in total. The fraction of sp³-hybridized carbons (Fsp3) is 0.250. The predicted octanol–water partition coefficient (Wildman–Crippen LogP) is 1.73. The van der Waals surface area contributed by atoms with Gasteiger partial charge in [0.15, 0.2) is 0 Å². The second-order valence-electron chi connectivity index (χ2n) is 3.87. The van der Waals surface area contributed by atoms with Crippen molar-refractivity contribution in [3.63, 3.8) is 0 Å². The Morgan fingerprint density at radius 1 is 1.38 bits per heavy atom. The van der Waals surface area contributed by atoms with Crippen LogP contribution in [0.1, 0.15) is 6.42 Å². The van der Waals surface area contributed by atoms with Crippen molar-refractivity contribution in [2.75, 3.05) is 0 Å². The molecule has 1 fully saturated rings. The number of allylic oxidation sites excluding steroid dienone is 4. The standard InChI is InChI=1S/C12H12N2OS/c15-11-8-12-14(11)7-5-10(16-12)9-4-2-1-3-6-13-9/h1-7,10,12-13H,8H2. The zero-order valence-corrected chi connectivity index (χ0v) is 9.48. The van der Waals surface area contributed by atoms with Crippen LogP contribution in [0.2, 0.25) is 0 Å². The summed E-state index contributed by atoms with van der Waals surface area (Å²) in [6, 6.07) is 0. The lowest BCUT2D eigenvalue weighted by molar-refractivity contribution is -0.137. The average Bonchev–Trinajstić information content (AvgIpc) is 2.55. The molecule has 0 aromatic heterocycles. The third-order valence-electron chi connectivity index (χ3n) is 2.82. The summed E-state index contributed by atoms with van der Waals surface area (Å²) < 4.78 is 0. The molecule has 82 valence electrons. The molecule has 0 bridgehead atoms. The van der Waals surface area contributed by atoms with E-state index < -0.39 is 0 Å². The smallest absolute Gasteiger partial charge is 0.230 e. The number of nitrogens with zero attached hydrogens (tertiary/aromatic N) is 1. The fourth-order valence-corrected chi connectivity index (χ4v) is 3.26. The molecule has 3 rings (SSSR count). The van der Waals surface area contributed by atoms with Gasteiger partial charge in [0.25, 0.3) is 0 Å². The summed E-state index contributed by atoms with van der Waals surface area (Å²) >= 11 is 1.82. The van der Waals surface area contributed by atoms with E-state index >= 15 is 0 Å². The van der Waals surface area contributed by atoms with Crippen LogP contribution in [-0.2, 0) is 4.79 Å². The summed E-state index contributed by atoms with van der Waals surface area (Å²) in [7, 11) is 0. The third-order valence-corrected chi connectivity index (χ3v) is 4.24. The molecule has 1 N–H and O–H groups in total. The van der Waals surface area contributed by atoms with Crippen LogP contribution in [-0.4, -0.2) is 21.4 Å². The van der Waals surface area contributed by atoms with Gasteiger partial charge in [-0.15, -0.1) is 11.8 Å². The van der Waals surface area contributed by atoms with Crippen LogP contribution in [0.3, 0.4) is 0 Å². The average molecular weight is 232 g/mol. The molecule has 3 heterocycles. The molecular formula is C12H12N2OS. The summed E-state index contributed by atoms with van der Waals surface area (Å²) in [5.41, 5.74) is 1.17. The van der Waals surface area contributed by atoms with Gasteiger partial charge in [0.1, 0.15) is 0 Å². The number of β-lactam (4-membered cyclic amide) rings is 1. The molecule has 2 unspecified atom stereocenters. The van der Waals surface area contributed by atoms with Gasteiger partial charge >= 0.3 is 0 Å². The molecule has 4 heteroatoms. The quantitative estimate of drug-likeness (QED) is 0.699. The molecule has 0 aliphatic carbocycles. The highest BCUT2D eigenvalue weighted by Gasteiger charge is 2.39. The summed E-state index contributed by atoms with van der Waals surface area (Å²) in [4.78, 5) is 13.0. The van der Waals surface area contributed by atoms with E-state index in [1.807, 2.05) is 47.3 Å². The first-order valence-electron chi connectivity index (χ1n) is 5.29. The van der Waals surface area contributed by atoms with Gasteiger partial charge in [-0.05, 0) is 18.2 Å². The normalized spacial score (nSPS) is 31.4. The maximum absolute atomic E-state index is 11.2. The SMILES string of the molecule is O=C1CC2SC(C3=CC=CC=CN3)C=CN12. The van der Waals surface area contributed by atoms with Gasteiger partial charge in [-0.2, -0.15) is 0 Å². The predicted molar refractivity (Wildman–Crippen MR) is 65.3 cm³/mol. The number of hydrogen-bond acceptors (Lipinski definition) is 3. The lowest BCUT2D eigenvalue weighted by Gasteiger charge is -2.42. The molecule has 0 radical (unpaired) electrons. The number of carbonyl (C=O) groups excluding carboxylic acids is 1. The first-order valence-corrected chi connectivity index (χ1v) is 6.24. The number of hydrogen-bond donors (Lipinski definition) is 1. The zero-order chi connectivity index (χ0) is 11.0. The van der Waals surface area contributed by atoms with Crippen LogP contribution in [0, 0.1) is 0 Å². The van der Waals surface area contributed by atoms with E-state index in [1.54, 1.807) is 0 Å². The van der Waals surface area contributed by atoms with Crippen LogP contribution in [0.15, 0.2) is 48.5 Å². The topological polar surface area (TPSA) is 32.3 Å². The Kier molecular flexibility index (Phi) is 2.36. The maximum Gasteiger partial charge on any atom is 0.230 e. The number of fused-ring (bicyclic) bond motifs is 1. The van der Waals surface area contributed by atoms with Gasteiger partial charge in [-0.1, -0.05) is 12.2 Å². The Morgan fingerprint density at radius 3 is 3.12 bits per heavy atom. The Labute approximate surface area is 98.6 Å². The van der Waals surface area contributed by atoms with E-state index in [2.05, 4.69) is 17.5 Å². The van der Waals surface area contributed by atoms with Crippen molar-refractivity contribution in [1.29, 1.82) is 0 Å². The zero-order valence-electron chi connectivity index (χ0n) is 8.67. The highest BCUT2D eigenvalue weighted by atomic mass is 32.2. The van der Waals surface area contributed by atoms with Crippen LogP contribution >= 0.6 is 11.8 Å². The number of thioether (sulfide) groups is 1. The molecule has 3 aliphatic heterocycles. The summed E-state index contributed by atoms with van der Waals surface area (Å²) in [6.07, 6.45) is 14.7. The van der Waals surface area contributed by atoms with Crippen molar-refractivity contribution >= 4 is 17.7 Å². The molecular weight excluding hydrogens is 220 g/mol. The monoisotopic (exact) mass is 232 g/mol. The second kappa shape index (κ2) is 3.87. The summed E-state index contributed by atoms with van der Waals surface area (Å²) in [5, 5.41) is 3.92. The van der Waals surface area contributed by atoms with Gasteiger partial charge < -0.3 is 10.2 Å². The van der Waals surface area contributed by atoms with E-state index in [0.717, 1.165) is 0 Å². The van der Waals surface area contributed by atoms with E-state index in [1.165, 1.54) is 5.70 Å². The van der Waals surface area contributed by atoms with E-state index in [4.69, 9.17) is 0 Å². The minimum Gasteiger partial charge on any atom is -0.364 e. The molecule has 0 aromatic carbocycles. The maximum atomic E-state index is 11.2. The Bertz CT molecular complexity index is 436. The van der Waals surface area contributed by atoms with Gasteiger partial charge in [0, 0.05) is 18.1 Å². The first kappa shape index (κ1) is 9.78. The Balaban J connectivity index is 1.77. The number of nitrogens with one attached hydrogen (secondary N) is 1. The molecule has 3 aliphatic rings. The highest BCUT2D eigenvalue weighted by Crippen LogP contribution is 2.38. The van der Waals surface area contributed by atoms with Crippen molar-refractivity contribution in [1.82, 2.24) is 10.2 Å². The number of amides is 1. The molecule has 1 amide bonds.